The van der Waals surface area contributed by atoms with Crippen LogP contribution in [0.25, 0.3) is 0 Å². The van der Waals surface area contributed by atoms with Crippen LogP contribution >= 0.6 is 0 Å². The van der Waals surface area contributed by atoms with Gasteiger partial charge in [-0.15, -0.1) is 0 Å². The lowest BCUT2D eigenvalue weighted by Crippen LogP contribution is -2.45. The first-order chi connectivity index (χ1) is 9.63. The van der Waals surface area contributed by atoms with Gasteiger partial charge in [0.1, 0.15) is 6.54 Å². The number of alkyl halides is 3. The fraction of sp³-hybridized carbons (Fsp3) is 0.583. The molecule has 0 spiro atoms. The van der Waals surface area contributed by atoms with Crippen LogP contribution in [-0.2, 0) is 10.0 Å². The van der Waals surface area contributed by atoms with Crippen molar-refractivity contribution in [2.75, 3.05) is 6.54 Å². The van der Waals surface area contributed by atoms with Gasteiger partial charge in [-0.2, -0.15) is 17.5 Å². The first-order valence-electron chi connectivity index (χ1n) is 6.32. The van der Waals surface area contributed by atoms with Crippen LogP contribution in [0.2, 0.25) is 0 Å². The number of hydrogen-bond donors (Lipinski definition) is 0. The highest BCUT2D eigenvalue weighted by molar-refractivity contribution is 7.89. The molecule has 0 aliphatic heterocycles. The molecule has 1 unspecified atom stereocenters. The van der Waals surface area contributed by atoms with E-state index in [0.29, 0.717) is 17.1 Å². The van der Waals surface area contributed by atoms with Gasteiger partial charge < -0.3 is 0 Å². The topological polar surface area (TPSA) is 50.3 Å². The predicted molar refractivity (Wildman–Crippen MR) is 66.3 cm³/mol. The molecular weight excluding hydrogens is 312 g/mol. The summed E-state index contributed by atoms with van der Waals surface area (Å²) in [5.41, 5.74) is 0. The number of sulfonamides is 1. The van der Waals surface area contributed by atoms with Crippen molar-refractivity contribution in [2.24, 2.45) is 5.92 Å². The highest BCUT2D eigenvalue weighted by Crippen LogP contribution is 2.38. The summed E-state index contributed by atoms with van der Waals surface area (Å²) in [6, 6.07) is 1.18. The van der Waals surface area contributed by atoms with E-state index in [2.05, 4.69) is 4.98 Å². The minimum atomic E-state index is -4.71. The van der Waals surface area contributed by atoms with Gasteiger partial charge >= 0.3 is 6.18 Å². The van der Waals surface area contributed by atoms with Gasteiger partial charge in [-0.1, -0.05) is 0 Å². The van der Waals surface area contributed by atoms with E-state index in [1.54, 1.807) is 0 Å². The third-order valence-electron chi connectivity index (χ3n) is 3.37. The Bertz CT molecular complexity index is 614. The molecule has 1 fully saturated rings. The molecule has 118 valence electrons. The van der Waals surface area contributed by atoms with E-state index in [4.69, 9.17) is 0 Å². The number of halogens is 4. The van der Waals surface area contributed by atoms with E-state index in [-0.39, 0.29) is 5.92 Å². The molecule has 1 aromatic heterocycles. The molecule has 1 atom stereocenters. The molecule has 4 nitrogen and oxygen atoms in total. The van der Waals surface area contributed by atoms with Crippen LogP contribution in [0, 0.1) is 11.7 Å². The van der Waals surface area contributed by atoms with Crippen LogP contribution < -0.4 is 0 Å². The molecule has 0 N–H and O–H groups in total. The molecule has 1 aliphatic carbocycles. The van der Waals surface area contributed by atoms with Crippen molar-refractivity contribution in [3.63, 3.8) is 0 Å². The van der Waals surface area contributed by atoms with Gasteiger partial charge in [-0.05, 0) is 37.8 Å². The normalized spacial score (nSPS) is 18.0. The second-order valence-electron chi connectivity index (χ2n) is 5.03. The minimum Gasteiger partial charge on any atom is -0.241 e. The monoisotopic (exact) mass is 326 g/mol. The Morgan fingerprint density at radius 1 is 1.43 bits per heavy atom. The molecule has 1 aliphatic rings. The molecule has 0 saturated heterocycles. The summed E-state index contributed by atoms with van der Waals surface area (Å²) >= 11 is 0. The second kappa shape index (κ2) is 5.53. The quantitative estimate of drug-likeness (QED) is 0.782. The van der Waals surface area contributed by atoms with Crippen molar-refractivity contribution in [3.05, 3.63) is 24.1 Å². The van der Waals surface area contributed by atoms with E-state index in [1.165, 1.54) is 13.0 Å². The molecule has 0 bridgehead atoms. The Hall–Kier alpha value is -1.22. The summed E-state index contributed by atoms with van der Waals surface area (Å²) in [5, 5.41) is -0.971. The van der Waals surface area contributed by atoms with Crippen LogP contribution in [0.1, 0.15) is 19.8 Å². The minimum absolute atomic E-state index is 0.131. The van der Waals surface area contributed by atoms with Gasteiger partial charge in [0, 0.05) is 12.2 Å². The summed E-state index contributed by atoms with van der Waals surface area (Å²) in [5.74, 6) is -1.29. The standard InChI is InChI=1S/C12H14F4N2O2S/c1-8(9-4-5-9)18(7-12(14,15)16)21(19,20)11-10(13)3-2-6-17-11/h2-3,6,8-9H,4-5,7H2,1H3. The maximum absolute atomic E-state index is 13.6. The lowest BCUT2D eigenvalue weighted by atomic mass is 10.2. The fourth-order valence-electron chi connectivity index (χ4n) is 2.11. The van der Waals surface area contributed by atoms with E-state index in [1.807, 2.05) is 0 Å². The Morgan fingerprint density at radius 3 is 2.52 bits per heavy atom. The average molecular weight is 326 g/mol. The van der Waals surface area contributed by atoms with Crippen molar-refractivity contribution in [2.45, 2.75) is 37.0 Å². The highest BCUT2D eigenvalue weighted by atomic mass is 32.2. The van der Waals surface area contributed by atoms with E-state index in [9.17, 15) is 26.0 Å². The summed E-state index contributed by atoms with van der Waals surface area (Å²) in [4.78, 5) is 3.39. The number of pyridine rings is 1. The van der Waals surface area contributed by atoms with Gasteiger partial charge in [-0.25, -0.2) is 17.8 Å². The summed E-state index contributed by atoms with van der Waals surface area (Å²) in [7, 11) is -4.64. The predicted octanol–water partition coefficient (Wildman–Crippen LogP) is 2.57. The molecule has 1 aromatic rings. The van der Waals surface area contributed by atoms with Crippen molar-refractivity contribution in [3.8, 4) is 0 Å². The van der Waals surface area contributed by atoms with Gasteiger partial charge in [0.05, 0.1) is 0 Å². The van der Waals surface area contributed by atoms with Gasteiger partial charge in [-0.3, -0.25) is 0 Å². The van der Waals surface area contributed by atoms with E-state index >= 15 is 0 Å². The van der Waals surface area contributed by atoms with Gasteiger partial charge in [0.25, 0.3) is 10.0 Å². The number of aromatic nitrogens is 1. The fourth-order valence-corrected chi connectivity index (χ4v) is 3.77. The summed E-state index contributed by atoms with van der Waals surface area (Å²) in [6.07, 6.45) is -2.35. The summed E-state index contributed by atoms with van der Waals surface area (Å²) < 4.78 is 76.6. The van der Waals surface area contributed by atoms with Gasteiger partial charge in [0.15, 0.2) is 5.82 Å². The third-order valence-corrected chi connectivity index (χ3v) is 5.24. The van der Waals surface area contributed by atoms with Crippen LogP contribution in [0.3, 0.4) is 0 Å². The third kappa shape index (κ3) is 3.70. The Labute approximate surface area is 119 Å². The smallest absolute Gasteiger partial charge is 0.241 e. The Morgan fingerprint density at radius 2 is 2.05 bits per heavy atom. The van der Waals surface area contributed by atoms with E-state index in [0.717, 1.165) is 12.3 Å². The maximum atomic E-state index is 13.6. The Balaban J connectivity index is 2.41. The lowest BCUT2D eigenvalue weighted by Gasteiger charge is -2.28. The summed E-state index contributed by atoms with van der Waals surface area (Å²) in [6.45, 7) is -0.245. The van der Waals surface area contributed by atoms with Crippen molar-refractivity contribution >= 4 is 10.0 Å². The molecule has 1 saturated carbocycles. The molecule has 0 amide bonds. The zero-order valence-corrected chi connectivity index (χ0v) is 12.0. The highest BCUT2D eigenvalue weighted by Gasteiger charge is 2.45. The van der Waals surface area contributed by atoms with Crippen LogP contribution in [0.4, 0.5) is 17.6 Å². The molecule has 0 aromatic carbocycles. The zero-order chi connectivity index (χ0) is 15.8. The number of hydrogen-bond acceptors (Lipinski definition) is 3. The van der Waals surface area contributed by atoms with Crippen LogP contribution in [0.5, 0.6) is 0 Å². The molecule has 21 heavy (non-hydrogen) atoms. The molecule has 9 heteroatoms. The number of nitrogens with zero attached hydrogens (tertiary/aromatic N) is 2. The Kier molecular flexibility index (Phi) is 4.25. The van der Waals surface area contributed by atoms with E-state index < -0.39 is 39.6 Å². The second-order valence-corrected chi connectivity index (χ2v) is 6.84. The largest absolute Gasteiger partial charge is 0.402 e. The van der Waals surface area contributed by atoms with Crippen molar-refractivity contribution in [1.82, 2.24) is 9.29 Å². The van der Waals surface area contributed by atoms with Crippen molar-refractivity contribution < 1.29 is 26.0 Å². The zero-order valence-electron chi connectivity index (χ0n) is 11.1. The first kappa shape index (κ1) is 16.2. The van der Waals surface area contributed by atoms with Crippen molar-refractivity contribution in [1.29, 1.82) is 0 Å². The molecule has 2 rings (SSSR count). The average Bonchev–Trinajstić information content (AvgIpc) is 3.18. The first-order valence-corrected chi connectivity index (χ1v) is 7.76. The molecular formula is C12H14F4N2O2S. The SMILES string of the molecule is CC(C1CC1)N(CC(F)(F)F)S(=O)(=O)c1ncccc1F. The molecule has 0 radical (unpaired) electrons. The maximum Gasteiger partial charge on any atom is 0.402 e. The van der Waals surface area contributed by atoms with Crippen LogP contribution in [0.15, 0.2) is 23.4 Å². The molecule has 1 heterocycles. The van der Waals surface area contributed by atoms with Gasteiger partial charge in [0.2, 0.25) is 5.03 Å². The lowest BCUT2D eigenvalue weighted by molar-refractivity contribution is -0.139. The number of rotatable bonds is 5. The van der Waals surface area contributed by atoms with Crippen LogP contribution in [-0.4, -0.2) is 36.5 Å².